The van der Waals surface area contributed by atoms with E-state index in [1.807, 2.05) is 32.0 Å². The number of carbonyl (C=O) groups is 1. The summed E-state index contributed by atoms with van der Waals surface area (Å²) in [4.78, 5) is 14.7. The number of hydrogen-bond donors (Lipinski definition) is 1. The Morgan fingerprint density at radius 3 is 2.87 bits per heavy atom. The Kier molecular flexibility index (Phi) is 5.59. The summed E-state index contributed by atoms with van der Waals surface area (Å²) >= 11 is 7.58. The van der Waals surface area contributed by atoms with Crippen LogP contribution in [0.15, 0.2) is 47.1 Å². The van der Waals surface area contributed by atoms with Gasteiger partial charge in [-0.25, -0.2) is 0 Å². The first-order chi connectivity index (χ1) is 14.4. The second-order valence-electron chi connectivity index (χ2n) is 7.47. The molecule has 0 saturated heterocycles. The quantitative estimate of drug-likeness (QED) is 0.686. The molecule has 7 heteroatoms. The Labute approximate surface area is 184 Å². The summed E-state index contributed by atoms with van der Waals surface area (Å²) in [6.45, 7) is 4.34. The third-order valence-electron chi connectivity index (χ3n) is 5.45. The van der Waals surface area contributed by atoms with Gasteiger partial charge in [0.15, 0.2) is 5.78 Å². The van der Waals surface area contributed by atoms with Gasteiger partial charge in [-0.3, -0.25) is 4.79 Å². The molecule has 1 aliphatic carbocycles. The zero-order valence-electron chi connectivity index (χ0n) is 16.8. The number of Topliss-reactive ketones (excluding diaryl/α,β-unsaturated/α-hetero) is 1. The van der Waals surface area contributed by atoms with E-state index in [1.165, 1.54) is 0 Å². The molecule has 0 bridgehead atoms. The fourth-order valence-corrected chi connectivity index (χ4v) is 5.29. The summed E-state index contributed by atoms with van der Waals surface area (Å²) in [5.41, 5.74) is 8.89. The topological polar surface area (TPSA) is 85.3 Å². The summed E-state index contributed by atoms with van der Waals surface area (Å²) in [6.07, 6.45) is 1.86. The second kappa shape index (κ2) is 8.17. The lowest BCUT2D eigenvalue weighted by molar-refractivity contribution is -0.116. The number of benzene rings is 1. The maximum atomic E-state index is 12.7. The summed E-state index contributed by atoms with van der Waals surface area (Å²) in [5, 5.41) is 10.4. The van der Waals surface area contributed by atoms with Crippen LogP contribution in [0.5, 0.6) is 5.75 Å². The number of ether oxygens (including phenoxy) is 2. The Morgan fingerprint density at radius 2 is 2.13 bits per heavy atom. The van der Waals surface area contributed by atoms with Gasteiger partial charge in [-0.15, -0.1) is 11.3 Å². The second-order valence-corrected chi connectivity index (χ2v) is 9.19. The molecule has 2 aliphatic rings. The number of nitrogens with two attached hydrogens (primary N) is 1. The molecule has 2 aromatic rings. The molecule has 1 aromatic heterocycles. The molecule has 0 saturated carbocycles. The molecule has 0 fully saturated rings. The molecular formula is C23H21ClN2O3S. The van der Waals surface area contributed by atoms with E-state index in [0.29, 0.717) is 41.4 Å². The third kappa shape index (κ3) is 3.71. The Morgan fingerprint density at radius 1 is 1.33 bits per heavy atom. The first kappa shape index (κ1) is 20.5. The number of thiophene rings is 1. The minimum absolute atomic E-state index is 0.0298. The van der Waals surface area contributed by atoms with Crippen molar-refractivity contribution in [2.24, 2.45) is 5.73 Å². The van der Waals surface area contributed by atoms with Crippen LogP contribution in [0.25, 0.3) is 0 Å². The molecule has 2 heterocycles. The van der Waals surface area contributed by atoms with Crippen molar-refractivity contribution < 1.29 is 14.3 Å². The maximum absolute atomic E-state index is 12.7. The molecule has 1 atom stereocenters. The summed E-state index contributed by atoms with van der Waals surface area (Å²) in [7, 11) is 0. The van der Waals surface area contributed by atoms with Crippen molar-refractivity contribution in [2.45, 2.75) is 45.6 Å². The predicted octanol–water partition coefficient (Wildman–Crippen LogP) is 5.41. The molecule has 5 nitrogen and oxygen atoms in total. The Bertz CT molecular complexity index is 1140. The zero-order valence-corrected chi connectivity index (χ0v) is 18.3. The van der Waals surface area contributed by atoms with Gasteiger partial charge in [-0.2, -0.15) is 5.26 Å². The number of ketones is 1. The van der Waals surface area contributed by atoms with Crippen LogP contribution in [0.4, 0.5) is 0 Å². The highest BCUT2D eigenvalue weighted by Gasteiger charge is 2.39. The predicted molar refractivity (Wildman–Crippen MR) is 116 cm³/mol. The van der Waals surface area contributed by atoms with Crippen LogP contribution >= 0.6 is 22.9 Å². The molecule has 0 spiro atoms. The highest BCUT2D eigenvalue weighted by molar-refractivity contribution is 7.12. The first-order valence-corrected chi connectivity index (χ1v) is 10.9. The van der Waals surface area contributed by atoms with Gasteiger partial charge in [0, 0.05) is 38.8 Å². The highest BCUT2D eigenvalue weighted by atomic mass is 35.5. The van der Waals surface area contributed by atoms with E-state index in [2.05, 4.69) is 6.07 Å². The lowest BCUT2D eigenvalue weighted by atomic mass is 9.80. The average Bonchev–Trinajstić information content (AvgIpc) is 3.07. The van der Waals surface area contributed by atoms with Crippen molar-refractivity contribution in [2.75, 3.05) is 0 Å². The van der Waals surface area contributed by atoms with Crippen LogP contribution in [0, 0.1) is 25.2 Å². The van der Waals surface area contributed by atoms with Gasteiger partial charge in [-0.05, 0) is 50.1 Å². The van der Waals surface area contributed by atoms with Crippen LogP contribution in [0.3, 0.4) is 0 Å². The van der Waals surface area contributed by atoms with Crippen molar-refractivity contribution in [1.29, 1.82) is 5.26 Å². The minimum atomic E-state index is -0.471. The third-order valence-corrected chi connectivity index (χ3v) is 6.84. The van der Waals surface area contributed by atoms with E-state index in [4.69, 9.17) is 26.8 Å². The van der Waals surface area contributed by atoms with E-state index >= 15 is 0 Å². The van der Waals surface area contributed by atoms with E-state index in [0.717, 1.165) is 33.1 Å². The molecule has 0 unspecified atom stereocenters. The van der Waals surface area contributed by atoms with Gasteiger partial charge >= 0.3 is 0 Å². The van der Waals surface area contributed by atoms with E-state index in [1.54, 1.807) is 17.4 Å². The van der Waals surface area contributed by atoms with E-state index in [9.17, 15) is 10.1 Å². The Balaban J connectivity index is 1.66. The van der Waals surface area contributed by atoms with Crippen molar-refractivity contribution in [3.8, 4) is 11.8 Å². The number of aryl methyl sites for hydroxylation is 2. The van der Waals surface area contributed by atoms with Crippen molar-refractivity contribution in [3.05, 3.63) is 73.0 Å². The minimum Gasteiger partial charge on any atom is -0.489 e. The van der Waals surface area contributed by atoms with E-state index < -0.39 is 5.92 Å². The molecule has 0 radical (unpaired) electrons. The number of nitriles is 1. The van der Waals surface area contributed by atoms with Crippen LogP contribution in [-0.4, -0.2) is 5.78 Å². The molecule has 2 N–H and O–H groups in total. The number of nitrogens with zero attached hydrogens (tertiary/aromatic N) is 1. The van der Waals surface area contributed by atoms with Gasteiger partial charge in [-0.1, -0.05) is 11.6 Å². The van der Waals surface area contributed by atoms with Gasteiger partial charge in [0.25, 0.3) is 0 Å². The monoisotopic (exact) mass is 440 g/mol. The maximum Gasteiger partial charge on any atom is 0.205 e. The molecule has 154 valence electrons. The van der Waals surface area contributed by atoms with Crippen LogP contribution < -0.4 is 10.5 Å². The smallest absolute Gasteiger partial charge is 0.205 e. The summed E-state index contributed by atoms with van der Waals surface area (Å²) in [6, 6.07) is 9.69. The van der Waals surface area contributed by atoms with E-state index in [-0.39, 0.29) is 11.7 Å². The number of hydrogen-bond acceptors (Lipinski definition) is 6. The normalized spacial score (nSPS) is 18.7. The number of carbonyl (C=O) groups excluding carboxylic acids is 1. The van der Waals surface area contributed by atoms with Gasteiger partial charge in [0.05, 0.1) is 5.92 Å². The first-order valence-electron chi connectivity index (χ1n) is 9.71. The standard InChI is InChI=1S/C23H21ClN2O3S/c1-12-8-15(24)6-7-18(12)28-11-14-9-20(30-13(14)2)21-16(10-25)23(26)29-19-5-3-4-17(27)22(19)21/h6-9,21H,3-5,11,26H2,1-2H3/t21-/m0/s1. The lowest BCUT2D eigenvalue weighted by Crippen LogP contribution is -2.27. The number of halogens is 1. The van der Waals surface area contributed by atoms with Crippen molar-refractivity contribution in [3.63, 3.8) is 0 Å². The fraction of sp³-hybridized carbons (Fsp3) is 0.304. The van der Waals surface area contributed by atoms with Gasteiger partial charge in [0.2, 0.25) is 5.88 Å². The molecule has 30 heavy (non-hydrogen) atoms. The highest BCUT2D eigenvalue weighted by Crippen LogP contribution is 2.46. The lowest BCUT2D eigenvalue weighted by Gasteiger charge is -2.30. The van der Waals surface area contributed by atoms with Crippen molar-refractivity contribution in [1.82, 2.24) is 0 Å². The summed E-state index contributed by atoms with van der Waals surface area (Å²) in [5.74, 6) is 1.03. The van der Waals surface area contributed by atoms with Crippen LogP contribution in [0.1, 0.15) is 46.1 Å². The Hall–Kier alpha value is -2.75. The SMILES string of the molecule is Cc1cc(Cl)ccc1OCc1cc([C@@H]2C(C#N)=C(N)OC3=C2C(=O)CCC3)sc1C. The van der Waals surface area contributed by atoms with Gasteiger partial charge < -0.3 is 15.2 Å². The van der Waals surface area contributed by atoms with Crippen LogP contribution in [0.2, 0.25) is 5.02 Å². The molecule has 1 aliphatic heterocycles. The molecular weight excluding hydrogens is 420 g/mol. The molecule has 4 rings (SSSR count). The fourth-order valence-electron chi connectivity index (χ4n) is 3.90. The largest absolute Gasteiger partial charge is 0.489 e. The van der Waals surface area contributed by atoms with Crippen LogP contribution in [-0.2, 0) is 16.1 Å². The molecule has 1 aromatic carbocycles. The van der Waals surface area contributed by atoms with Gasteiger partial charge in [0.1, 0.15) is 29.8 Å². The number of allylic oxidation sites excluding steroid dienone is 3. The number of rotatable bonds is 4. The zero-order chi connectivity index (χ0) is 21.4. The van der Waals surface area contributed by atoms with Crippen molar-refractivity contribution >= 4 is 28.7 Å². The average molecular weight is 441 g/mol. The summed E-state index contributed by atoms with van der Waals surface area (Å²) < 4.78 is 11.6. The molecule has 0 amide bonds.